The molecule has 0 aromatic carbocycles. The Balaban J connectivity index is 2.09. The summed E-state index contributed by atoms with van der Waals surface area (Å²) < 4.78 is 121. The molecule has 41 heavy (non-hydrogen) atoms. The second-order valence-electron chi connectivity index (χ2n) is 8.80. The van der Waals surface area contributed by atoms with E-state index in [1.807, 2.05) is 0 Å². The van der Waals surface area contributed by atoms with Crippen molar-refractivity contribution in [3.63, 3.8) is 0 Å². The lowest BCUT2D eigenvalue weighted by Crippen LogP contribution is -2.53. The number of hydrogen-bond donors (Lipinski definition) is 1. The van der Waals surface area contributed by atoms with Gasteiger partial charge in [0.1, 0.15) is 11.8 Å². The van der Waals surface area contributed by atoms with Crippen LogP contribution in [0.25, 0.3) is 16.9 Å². The average Bonchev–Trinajstić information content (AvgIpc) is 3.27. The van der Waals surface area contributed by atoms with Gasteiger partial charge in [0.05, 0.1) is 37.5 Å². The molecule has 226 valence electrons. The number of aryl methyl sites for hydroxylation is 1. The molecule has 1 N–H and O–H groups in total. The summed E-state index contributed by atoms with van der Waals surface area (Å²) in [5.41, 5.74) is 0.237. The number of alkyl halides is 8. The highest BCUT2D eigenvalue weighted by molar-refractivity contribution is 5.76. The van der Waals surface area contributed by atoms with Crippen molar-refractivity contribution >= 4 is 11.7 Å². The SMILES string of the molecule is CCN(C(=O)NC(CCC(F)F)C(F)(F)F)C(c1cc(-c2cn3cc(C)nc3c(OC)n2)c(OC)cn1)C(F)(F)F. The van der Waals surface area contributed by atoms with Crippen LogP contribution in [0.3, 0.4) is 0 Å². The van der Waals surface area contributed by atoms with Crippen LogP contribution in [0.5, 0.6) is 11.6 Å². The van der Waals surface area contributed by atoms with E-state index in [1.165, 1.54) is 30.1 Å². The Kier molecular flexibility index (Phi) is 9.48. The molecule has 3 rings (SSSR count). The third-order valence-corrected chi connectivity index (χ3v) is 5.97. The Labute approximate surface area is 228 Å². The number of rotatable bonds is 10. The second-order valence-corrected chi connectivity index (χ2v) is 8.80. The van der Waals surface area contributed by atoms with E-state index in [1.54, 1.807) is 13.1 Å². The van der Waals surface area contributed by atoms with E-state index in [2.05, 4.69) is 15.0 Å². The maximum atomic E-state index is 14.4. The molecule has 2 amide bonds. The van der Waals surface area contributed by atoms with Crippen LogP contribution in [0.15, 0.2) is 24.7 Å². The molecule has 0 saturated heterocycles. The van der Waals surface area contributed by atoms with Crippen LogP contribution >= 0.6 is 0 Å². The fourth-order valence-corrected chi connectivity index (χ4v) is 4.12. The number of nitrogens with one attached hydrogen (secondary N) is 1. The van der Waals surface area contributed by atoms with Gasteiger partial charge in [0.25, 0.3) is 5.88 Å². The molecule has 0 aliphatic carbocycles. The average molecular weight is 598 g/mol. The monoisotopic (exact) mass is 598 g/mol. The number of aromatic nitrogens is 4. The first kappa shape index (κ1) is 31.6. The number of carbonyl (C=O) groups excluding carboxylic acids is 1. The molecule has 3 aromatic rings. The number of fused-ring (bicyclic) bond motifs is 1. The lowest BCUT2D eigenvalue weighted by atomic mass is 10.1. The minimum Gasteiger partial charge on any atom is -0.494 e. The van der Waals surface area contributed by atoms with Crippen molar-refractivity contribution < 1.29 is 49.4 Å². The third kappa shape index (κ3) is 7.24. The van der Waals surface area contributed by atoms with Crippen LogP contribution in [-0.2, 0) is 0 Å². The second kappa shape index (κ2) is 12.3. The van der Waals surface area contributed by atoms with Crippen molar-refractivity contribution in [2.75, 3.05) is 20.8 Å². The van der Waals surface area contributed by atoms with Crippen LogP contribution in [0.4, 0.5) is 39.9 Å². The summed E-state index contributed by atoms with van der Waals surface area (Å²) in [6.07, 6.45) is -11.9. The number of imidazole rings is 1. The van der Waals surface area contributed by atoms with E-state index in [9.17, 15) is 39.9 Å². The zero-order chi connectivity index (χ0) is 30.7. The van der Waals surface area contributed by atoms with E-state index in [0.717, 1.165) is 19.2 Å². The topological polar surface area (TPSA) is 93.9 Å². The number of amides is 2. The van der Waals surface area contributed by atoms with E-state index >= 15 is 0 Å². The maximum absolute atomic E-state index is 14.4. The lowest BCUT2D eigenvalue weighted by molar-refractivity contribution is -0.180. The van der Waals surface area contributed by atoms with Crippen LogP contribution in [0.2, 0.25) is 0 Å². The van der Waals surface area contributed by atoms with Crippen molar-refractivity contribution in [3.05, 3.63) is 36.0 Å². The summed E-state index contributed by atoms with van der Waals surface area (Å²) in [4.78, 5) is 25.2. The fraction of sp³-hybridized carbons (Fsp3) is 0.500. The van der Waals surface area contributed by atoms with Gasteiger partial charge in [0, 0.05) is 30.9 Å². The van der Waals surface area contributed by atoms with Crippen LogP contribution in [0, 0.1) is 6.92 Å². The minimum atomic E-state index is -5.21. The first-order valence-corrected chi connectivity index (χ1v) is 12.0. The zero-order valence-corrected chi connectivity index (χ0v) is 22.1. The van der Waals surface area contributed by atoms with Crippen molar-refractivity contribution in [2.24, 2.45) is 0 Å². The summed E-state index contributed by atoms with van der Waals surface area (Å²) in [6, 6.07) is -6.43. The van der Waals surface area contributed by atoms with Crippen LogP contribution in [0.1, 0.15) is 37.2 Å². The highest BCUT2D eigenvalue weighted by Gasteiger charge is 2.49. The molecule has 9 nitrogen and oxygen atoms in total. The quantitative estimate of drug-likeness (QED) is 0.300. The standard InChI is InChI=1S/C24H26F8N6O3/c1-5-38(22(39)36-17(23(27,28)29)6-7-18(25)26)19(24(30,31)32)14-8-13(16(40-3)9-33-14)15-11-37-10-12(2)34-20(37)21(35-15)41-4/h8-11,17-19H,5-7H2,1-4H3,(H,36,39). The Morgan fingerprint density at radius 1 is 1.05 bits per heavy atom. The van der Waals surface area contributed by atoms with Gasteiger partial charge in [-0.15, -0.1) is 0 Å². The van der Waals surface area contributed by atoms with Gasteiger partial charge in [-0.2, -0.15) is 26.3 Å². The fourth-order valence-electron chi connectivity index (χ4n) is 4.12. The molecule has 2 atom stereocenters. The highest BCUT2D eigenvalue weighted by atomic mass is 19.4. The normalized spacial score (nSPS) is 13.8. The Morgan fingerprint density at radius 2 is 1.73 bits per heavy atom. The Hall–Kier alpha value is -3.92. The number of pyridine rings is 1. The van der Waals surface area contributed by atoms with Crippen molar-refractivity contribution in [2.45, 2.75) is 57.6 Å². The predicted molar refractivity (Wildman–Crippen MR) is 129 cm³/mol. The number of nitrogens with zero attached hydrogens (tertiary/aromatic N) is 5. The van der Waals surface area contributed by atoms with Gasteiger partial charge in [0.15, 0.2) is 6.04 Å². The lowest BCUT2D eigenvalue weighted by Gasteiger charge is -2.34. The third-order valence-electron chi connectivity index (χ3n) is 5.97. The molecular formula is C24H26F8N6O3. The largest absolute Gasteiger partial charge is 0.494 e. The van der Waals surface area contributed by atoms with Crippen molar-refractivity contribution in [1.82, 2.24) is 29.6 Å². The van der Waals surface area contributed by atoms with Crippen molar-refractivity contribution in [3.8, 4) is 22.9 Å². The molecule has 0 bridgehead atoms. The van der Waals surface area contributed by atoms with Gasteiger partial charge in [0.2, 0.25) is 12.1 Å². The van der Waals surface area contributed by atoms with Gasteiger partial charge >= 0.3 is 18.4 Å². The number of urea groups is 1. The van der Waals surface area contributed by atoms with Crippen LogP contribution < -0.4 is 14.8 Å². The van der Waals surface area contributed by atoms with E-state index in [4.69, 9.17) is 9.47 Å². The molecule has 0 radical (unpaired) electrons. The summed E-state index contributed by atoms with van der Waals surface area (Å²) in [7, 11) is 2.55. The summed E-state index contributed by atoms with van der Waals surface area (Å²) in [5, 5.41) is 1.43. The molecule has 0 saturated carbocycles. The first-order valence-electron chi connectivity index (χ1n) is 12.0. The molecule has 3 aromatic heterocycles. The summed E-state index contributed by atoms with van der Waals surface area (Å²) in [6.45, 7) is 2.11. The van der Waals surface area contributed by atoms with Crippen LogP contribution in [-0.4, -0.2) is 75.9 Å². The number of ether oxygens (including phenoxy) is 2. The van der Waals surface area contributed by atoms with Gasteiger partial charge in [-0.3, -0.25) is 4.98 Å². The Bertz CT molecular complexity index is 1360. The Morgan fingerprint density at radius 3 is 2.27 bits per heavy atom. The predicted octanol–water partition coefficient (Wildman–Crippen LogP) is 5.73. The molecule has 3 heterocycles. The van der Waals surface area contributed by atoms with Gasteiger partial charge in [-0.05, 0) is 26.3 Å². The van der Waals surface area contributed by atoms with Gasteiger partial charge in [-0.1, -0.05) is 0 Å². The maximum Gasteiger partial charge on any atom is 0.414 e. The van der Waals surface area contributed by atoms with E-state index < -0.39 is 62.0 Å². The molecule has 0 fully saturated rings. The summed E-state index contributed by atoms with van der Waals surface area (Å²) in [5.74, 6) is 0.0389. The van der Waals surface area contributed by atoms with Gasteiger partial charge < -0.3 is 24.1 Å². The highest BCUT2D eigenvalue weighted by Crippen LogP contribution is 2.40. The van der Waals surface area contributed by atoms with E-state index in [-0.39, 0.29) is 27.8 Å². The van der Waals surface area contributed by atoms with Crippen molar-refractivity contribution in [1.29, 1.82) is 0 Å². The molecular weight excluding hydrogens is 572 g/mol. The molecule has 0 spiro atoms. The first-order chi connectivity index (χ1) is 19.1. The smallest absolute Gasteiger partial charge is 0.414 e. The molecule has 0 aliphatic rings. The zero-order valence-electron chi connectivity index (χ0n) is 22.1. The minimum absolute atomic E-state index is 0.000124. The number of methoxy groups -OCH3 is 2. The van der Waals surface area contributed by atoms with Gasteiger partial charge in [-0.25, -0.2) is 23.5 Å². The number of hydrogen-bond acceptors (Lipinski definition) is 6. The molecule has 2 unspecified atom stereocenters. The number of carbonyl (C=O) groups is 1. The number of halogens is 8. The van der Waals surface area contributed by atoms with E-state index in [0.29, 0.717) is 11.3 Å². The summed E-state index contributed by atoms with van der Waals surface area (Å²) >= 11 is 0. The molecule has 17 heteroatoms. The molecule has 0 aliphatic heterocycles.